The second-order valence-electron chi connectivity index (χ2n) is 4.01. The molecule has 0 spiro atoms. The van der Waals surface area contributed by atoms with Crippen molar-refractivity contribution in [2.45, 2.75) is 37.8 Å². The maximum Gasteiger partial charge on any atom is 0.279 e. The number of hydrogen-bond acceptors (Lipinski definition) is 4. The molecule has 90 valence electrons. The van der Waals surface area contributed by atoms with Gasteiger partial charge in [-0.05, 0) is 25.7 Å². The van der Waals surface area contributed by atoms with Crippen LogP contribution in [0.25, 0.3) is 0 Å². The first kappa shape index (κ1) is 12.9. The maximum atomic E-state index is 11.5. The van der Waals surface area contributed by atoms with Crippen LogP contribution in [0.1, 0.15) is 25.7 Å². The number of rotatable bonds is 4. The zero-order chi connectivity index (χ0) is 11.5. The zero-order valence-electron chi connectivity index (χ0n) is 9.14. The standard InChI is InChI=1S/C8H19N3O3S/c1-11(2)15(12,13)10-7-3-5-8(14-9)6-4-7/h7-8,10H,3-6,9H2,1-2H3. The third-order valence-corrected chi connectivity index (χ3v) is 4.26. The molecule has 15 heavy (non-hydrogen) atoms. The Bertz CT molecular complexity index is 284. The van der Waals surface area contributed by atoms with Gasteiger partial charge >= 0.3 is 0 Å². The monoisotopic (exact) mass is 237 g/mol. The summed E-state index contributed by atoms with van der Waals surface area (Å²) < 4.78 is 26.8. The normalized spacial score (nSPS) is 28.3. The Kier molecular flexibility index (Phi) is 4.47. The lowest BCUT2D eigenvalue weighted by atomic mass is 9.94. The van der Waals surface area contributed by atoms with E-state index in [1.165, 1.54) is 18.4 Å². The van der Waals surface area contributed by atoms with Crippen LogP contribution in [0.3, 0.4) is 0 Å². The van der Waals surface area contributed by atoms with Crippen molar-refractivity contribution in [1.82, 2.24) is 9.03 Å². The molecule has 0 aromatic rings. The lowest BCUT2D eigenvalue weighted by Gasteiger charge is -2.28. The summed E-state index contributed by atoms with van der Waals surface area (Å²) in [6, 6.07) is 0.00352. The molecule has 0 heterocycles. The summed E-state index contributed by atoms with van der Waals surface area (Å²) in [4.78, 5) is 4.73. The van der Waals surface area contributed by atoms with Crippen LogP contribution < -0.4 is 10.6 Å². The van der Waals surface area contributed by atoms with Gasteiger partial charge in [0.05, 0.1) is 6.10 Å². The molecule has 7 heteroatoms. The average Bonchev–Trinajstić information content (AvgIpc) is 2.18. The van der Waals surface area contributed by atoms with Crippen LogP contribution in [0, 0.1) is 0 Å². The Morgan fingerprint density at radius 1 is 1.27 bits per heavy atom. The van der Waals surface area contributed by atoms with E-state index in [0.717, 1.165) is 25.7 Å². The summed E-state index contributed by atoms with van der Waals surface area (Å²) in [6.45, 7) is 0. The third kappa shape index (κ3) is 3.69. The predicted molar refractivity (Wildman–Crippen MR) is 57.1 cm³/mol. The highest BCUT2D eigenvalue weighted by atomic mass is 32.2. The first-order valence-corrected chi connectivity index (χ1v) is 6.45. The molecule has 0 aromatic carbocycles. The summed E-state index contributed by atoms with van der Waals surface area (Å²) in [5.74, 6) is 5.08. The van der Waals surface area contributed by atoms with E-state index in [-0.39, 0.29) is 12.1 Å². The molecule has 3 N–H and O–H groups in total. The molecule has 6 nitrogen and oxygen atoms in total. The molecule has 0 aromatic heterocycles. The number of nitrogens with one attached hydrogen (secondary N) is 1. The van der Waals surface area contributed by atoms with E-state index in [9.17, 15) is 8.42 Å². The van der Waals surface area contributed by atoms with Crippen LogP contribution in [-0.4, -0.2) is 39.0 Å². The molecule has 1 saturated carbocycles. The minimum atomic E-state index is -3.31. The van der Waals surface area contributed by atoms with Crippen LogP contribution >= 0.6 is 0 Å². The van der Waals surface area contributed by atoms with E-state index < -0.39 is 10.2 Å². The van der Waals surface area contributed by atoms with Crippen LogP contribution in [0.5, 0.6) is 0 Å². The van der Waals surface area contributed by atoms with Crippen molar-refractivity contribution in [1.29, 1.82) is 0 Å². The van der Waals surface area contributed by atoms with Crippen LogP contribution in [0.4, 0.5) is 0 Å². The summed E-state index contributed by atoms with van der Waals surface area (Å²) in [5.41, 5.74) is 0. The van der Waals surface area contributed by atoms with Crippen molar-refractivity contribution < 1.29 is 13.3 Å². The minimum absolute atomic E-state index is 0.00352. The lowest BCUT2D eigenvalue weighted by molar-refractivity contribution is 0.0233. The molecule has 0 atom stereocenters. The van der Waals surface area contributed by atoms with Crippen molar-refractivity contribution in [2.24, 2.45) is 5.90 Å². The van der Waals surface area contributed by atoms with E-state index in [2.05, 4.69) is 4.72 Å². The van der Waals surface area contributed by atoms with Gasteiger partial charge in [-0.2, -0.15) is 17.4 Å². The van der Waals surface area contributed by atoms with E-state index in [4.69, 9.17) is 10.7 Å². The molecule has 0 bridgehead atoms. The minimum Gasteiger partial charge on any atom is -0.301 e. The predicted octanol–water partition coefficient (Wildman–Crippen LogP) is -0.416. The summed E-state index contributed by atoms with van der Waals surface area (Å²) in [7, 11) is -0.289. The molecular weight excluding hydrogens is 218 g/mol. The highest BCUT2D eigenvalue weighted by Crippen LogP contribution is 2.20. The molecule has 0 unspecified atom stereocenters. The Labute approximate surface area is 90.9 Å². The fourth-order valence-corrected chi connectivity index (χ4v) is 2.50. The first-order chi connectivity index (χ1) is 6.95. The fourth-order valence-electron chi connectivity index (χ4n) is 1.63. The van der Waals surface area contributed by atoms with Gasteiger partial charge in [-0.1, -0.05) is 0 Å². The van der Waals surface area contributed by atoms with Crippen LogP contribution in [-0.2, 0) is 15.0 Å². The molecule has 1 fully saturated rings. The Balaban J connectivity index is 2.42. The molecule has 0 radical (unpaired) electrons. The van der Waals surface area contributed by atoms with Crippen molar-refractivity contribution in [3.8, 4) is 0 Å². The number of nitrogens with two attached hydrogens (primary N) is 1. The zero-order valence-corrected chi connectivity index (χ0v) is 9.96. The SMILES string of the molecule is CN(C)S(=O)(=O)NC1CCC(ON)CC1. The van der Waals surface area contributed by atoms with Crippen molar-refractivity contribution >= 4 is 10.2 Å². The fraction of sp³-hybridized carbons (Fsp3) is 1.00. The third-order valence-electron chi connectivity index (χ3n) is 2.66. The van der Waals surface area contributed by atoms with Gasteiger partial charge in [-0.25, -0.2) is 5.90 Å². The highest BCUT2D eigenvalue weighted by molar-refractivity contribution is 7.87. The summed E-state index contributed by atoms with van der Waals surface area (Å²) in [5, 5.41) is 0. The van der Waals surface area contributed by atoms with Crippen molar-refractivity contribution in [3.63, 3.8) is 0 Å². The quantitative estimate of drug-likeness (QED) is 0.651. The second-order valence-corrected chi connectivity index (χ2v) is 5.93. The molecule has 0 amide bonds. The van der Waals surface area contributed by atoms with Gasteiger partial charge in [0, 0.05) is 20.1 Å². The van der Waals surface area contributed by atoms with Gasteiger partial charge < -0.3 is 4.84 Å². The number of hydrogen-bond donors (Lipinski definition) is 2. The van der Waals surface area contributed by atoms with E-state index in [1.807, 2.05) is 0 Å². The molecule has 1 aliphatic carbocycles. The van der Waals surface area contributed by atoms with Gasteiger partial charge in [-0.3, -0.25) is 0 Å². The van der Waals surface area contributed by atoms with Crippen LogP contribution in [0.2, 0.25) is 0 Å². The van der Waals surface area contributed by atoms with Gasteiger partial charge in [-0.15, -0.1) is 0 Å². The molecule has 0 saturated heterocycles. The van der Waals surface area contributed by atoms with E-state index in [1.54, 1.807) is 0 Å². The molecule has 1 rings (SSSR count). The first-order valence-electron chi connectivity index (χ1n) is 5.01. The maximum absolute atomic E-state index is 11.5. The smallest absolute Gasteiger partial charge is 0.279 e. The van der Waals surface area contributed by atoms with E-state index in [0.29, 0.717) is 0 Å². The molecular formula is C8H19N3O3S. The highest BCUT2D eigenvalue weighted by Gasteiger charge is 2.25. The Hall–Kier alpha value is -0.210. The van der Waals surface area contributed by atoms with Gasteiger partial charge in [0.15, 0.2) is 0 Å². The van der Waals surface area contributed by atoms with Crippen molar-refractivity contribution in [3.05, 3.63) is 0 Å². The second kappa shape index (κ2) is 5.22. The topological polar surface area (TPSA) is 84.7 Å². The molecule has 0 aliphatic heterocycles. The van der Waals surface area contributed by atoms with Gasteiger partial charge in [0.25, 0.3) is 10.2 Å². The Morgan fingerprint density at radius 2 is 1.80 bits per heavy atom. The van der Waals surface area contributed by atoms with Crippen LogP contribution in [0.15, 0.2) is 0 Å². The average molecular weight is 237 g/mol. The largest absolute Gasteiger partial charge is 0.301 e. The van der Waals surface area contributed by atoms with Crippen molar-refractivity contribution in [2.75, 3.05) is 14.1 Å². The Morgan fingerprint density at radius 3 is 2.20 bits per heavy atom. The summed E-state index contributed by atoms with van der Waals surface area (Å²) >= 11 is 0. The molecule has 1 aliphatic rings. The number of nitrogens with zero attached hydrogens (tertiary/aromatic N) is 1. The van der Waals surface area contributed by atoms with Gasteiger partial charge in [0.2, 0.25) is 0 Å². The van der Waals surface area contributed by atoms with E-state index >= 15 is 0 Å². The summed E-state index contributed by atoms with van der Waals surface area (Å²) in [6.07, 6.45) is 3.23. The van der Waals surface area contributed by atoms with Gasteiger partial charge in [0.1, 0.15) is 0 Å². The lowest BCUT2D eigenvalue weighted by Crippen LogP contribution is -2.44.